The second-order valence-corrected chi connectivity index (χ2v) is 4.18. The molecule has 0 amide bonds. The summed E-state index contributed by atoms with van der Waals surface area (Å²) in [5.74, 6) is -0.368. The van der Waals surface area contributed by atoms with Gasteiger partial charge >= 0.3 is 5.97 Å². The van der Waals surface area contributed by atoms with Crippen molar-refractivity contribution in [3.63, 3.8) is 0 Å². The third-order valence-electron chi connectivity index (χ3n) is 3.29. The van der Waals surface area contributed by atoms with Crippen LogP contribution in [0.25, 0.3) is 5.65 Å². The quantitative estimate of drug-likeness (QED) is 0.821. The number of aliphatic carboxylic acids is 1. The molecule has 1 fully saturated rings. The van der Waals surface area contributed by atoms with Crippen LogP contribution in [0.1, 0.15) is 25.1 Å². The molecule has 5 nitrogen and oxygen atoms in total. The van der Waals surface area contributed by atoms with Crippen LogP contribution in [-0.2, 0) is 10.2 Å². The third-order valence-corrected chi connectivity index (χ3v) is 3.29. The molecule has 1 saturated carbocycles. The largest absolute Gasteiger partial charge is 0.480 e. The number of hydrogen-bond acceptors (Lipinski definition) is 3. The van der Waals surface area contributed by atoms with Gasteiger partial charge in [0.2, 0.25) is 0 Å². The summed E-state index contributed by atoms with van der Waals surface area (Å²) in [6.45, 7) is 0. The zero-order valence-corrected chi connectivity index (χ0v) is 8.63. The van der Waals surface area contributed by atoms with Crippen LogP contribution in [0.3, 0.4) is 0 Å². The van der Waals surface area contributed by atoms with E-state index >= 15 is 0 Å². The monoisotopic (exact) mass is 217 g/mol. The summed E-state index contributed by atoms with van der Waals surface area (Å²) in [7, 11) is 0. The Hall–Kier alpha value is -1.91. The Labute approximate surface area is 91.7 Å². The second kappa shape index (κ2) is 3.04. The van der Waals surface area contributed by atoms with Crippen molar-refractivity contribution in [2.24, 2.45) is 0 Å². The molecule has 5 heteroatoms. The molecule has 2 aromatic rings. The Morgan fingerprint density at radius 2 is 2.25 bits per heavy atom. The first-order valence-electron chi connectivity index (χ1n) is 5.28. The number of fused-ring (bicyclic) bond motifs is 1. The summed E-state index contributed by atoms with van der Waals surface area (Å²) in [5, 5.41) is 13.5. The minimum atomic E-state index is -0.841. The normalized spacial score (nSPS) is 18.2. The van der Waals surface area contributed by atoms with E-state index in [4.69, 9.17) is 0 Å². The zero-order valence-electron chi connectivity index (χ0n) is 8.63. The fourth-order valence-electron chi connectivity index (χ4n) is 2.10. The molecule has 1 N–H and O–H groups in total. The van der Waals surface area contributed by atoms with E-state index in [1.165, 1.54) is 0 Å². The standard InChI is InChI=1S/C11H11N3O2/c15-10(16)11(5-3-6-11)9-12-8-4-1-2-7-14(8)13-9/h1-2,4,7H,3,5-6H2,(H,15,16). The predicted molar refractivity (Wildman–Crippen MR) is 56.2 cm³/mol. The lowest BCUT2D eigenvalue weighted by atomic mass is 9.68. The average Bonchev–Trinajstić information content (AvgIpc) is 2.58. The van der Waals surface area contributed by atoms with E-state index < -0.39 is 11.4 Å². The first-order valence-corrected chi connectivity index (χ1v) is 5.28. The molecule has 2 heterocycles. The first-order chi connectivity index (χ1) is 7.72. The maximum absolute atomic E-state index is 11.3. The minimum Gasteiger partial charge on any atom is -0.480 e. The molecular formula is C11H11N3O2. The van der Waals surface area contributed by atoms with E-state index in [2.05, 4.69) is 10.1 Å². The highest BCUT2D eigenvalue weighted by Crippen LogP contribution is 2.42. The molecule has 0 spiro atoms. The predicted octanol–water partition coefficient (Wildman–Crippen LogP) is 1.24. The van der Waals surface area contributed by atoms with Crippen molar-refractivity contribution in [2.75, 3.05) is 0 Å². The van der Waals surface area contributed by atoms with Crippen LogP contribution in [0, 0.1) is 0 Å². The summed E-state index contributed by atoms with van der Waals surface area (Å²) < 4.78 is 1.62. The van der Waals surface area contributed by atoms with Crippen LogP contribution in [0.2, 0.25) is 0 Å². The van der Waals surface area contributed by atoms with Gasteiger partial charge in [-0.25, -0.2) is 9.50 Å². The van der Waals surface area contributed by atoms with Crippen LogP contribution >= 0.6 is 0 Å². The fourth-order valence-corrected chi connectivity index (χ4v) is 2.10. The van der Waals surface area contributed by atoms with Gasteiger partial charge in [-0.05, 0) is 25.0 Å². The molecule has 0 radical (unpaired) electrons. The number of pyridine rings is 1. The van der Waals surface area contributed by atoms with Gasteiger partial charge in [0.1, 0.15) is 5.41 Å². The van der Waals surface area contributed by atoms with Crippen molar-refractivity contribution in [1.82, 2.24) is 14.6 Å². The Morgan fingerprint density at radius 3 is 2.81 bits per heavy atom. The van der Waals surface area contributed by atoms with Crippen molar-refractivity contribution in [2.45, 2.75) is 24.7 Å². The summed E-state index contributed by atoms with van der Waals surface area (Å²) in [4.78, 5) is 15.6. The Balaban J connectivity index is 2.15. The van der Waals surface area contributed by atoms with Crippen LogP contribution in [0.5, 0.6) is 0 Å². The number of nitrogens with zero attached hydrogens (tertiary/aromatic N) is 3. The number of carbonyl (C=O) groups is 1. The molecule has 82 valence electrons. The molecule has 0 saturated heterocycles. The summed E-state index contributed by atoms with van der Waals surface area (Å²) >= 11 is 0. The van der Waals surface area contributed by atoms with Crippen molar-refractivity contribution in [1.29, 1.82) is 0 Å². The number of aromatic nitrogens is 3. The van der Waals surface area contributed by atoms with Gasteiger partial charge in [-0.2, -0.15) is 5.10 Å². The van der Waals surface area contributed by atoms with Gasteiger partial charge in [-0.1, -0.05) is 12.5 Å². The van der Waals surface area contributed by atoms with E-state index in [0.717, 1.165) is 6.42 Å². The lowest BCUT2D eigenvalue weighted by Crippen LogP contribution is -2.43. The lowest BCUT2D eigenvalue weighted by Gasteiger charge is -2.34. The van der Waals surface area contributed by atoms with Crippen molar-refractivity contribution < 1.29 is 9.90 Å². The minimum absolute atomic E-state index is 0.442. The van der Waals surface area contributed by atoms with E-state index in [1.54, 1.807) is 10.7 Å². The zero-order chi connectivity index (χ0) is 11.2. The molecule has 0 aromatic carbocycles. The first kappa shape index (κ1) is 9.33. The maximum Gasteiger partial charge on any atom is 0.317 e. The smallest absolute Gasteiger partial charge is 0.317 e. The van der Waals surface area contributed by atoms with Crippen LogP contribution in [0.4, 0.5) is 0 Å². The van der Waals surface area contributed by atoms with Gasteiger partial charge in [0.15, 0.2) is 11.5 Å². The van der Waals surface area contributed by atoms with Gasteiger partial charge < -0.3 is 5.11 Å². The molecule has 1 aliphatic carbocycles. The summed E-state index contributed by atoms with van der Waals surface area (Å²) in [6.07, 6.45) is 3.99. The summed E-state index contributed by atoms with van der Waals surface area (Å²) in [5.41, 5.74) is -0.142. The van der Waals surface area contributed by atoms with Gasteiger partial charge in [-0.3, -0.25) is 4.79 Å². The summed E-state index contributed by atoms with van der Waals surface area (Å²) in [6, 6.07) is 5.53. The molecule has 2 aromatic heterocycles. The van der Waals surface area contributed by atoms with Gasteiger partial charge in [-0.15, -0.1) is 0 Å². The molecule has 0 unspecified atom stereocenters. The Kier molecular flexibility index (Phi) is 1.77. The van der Waals surface area contributed by atoms with Crippen molar-refractivity contribution >= 4 is 11.6 Å². The van der Waals surface area contributed by atoms with E-state index in [-0.39, 0.29) is 0 Å². The number of carboxylic acids is 1. The highest BCUT2D eigenvalue weighted by atomic mass is 16.4. The maximum atomic E-state index is 11.3. The molecule has 0 atom stereocenters. The molecule has 3 rings (SSSR count). The SMILES string of the molecule is O=C(O)C1(c2nc3ccccn3n2)CCC1. The van der Waals surface area contributed by atoms with Crippen molar-refractivity contribution in [3.05, 3.63) is 30.2 Å². The van der Waals surface area contributed by atoms with Gasteiger partial charge in [0.25, 0.3) is 0 Å². The third kappa shape index (κ3) is 1.08. The lowest BCUT2D eigenvalue weighted by molar-refractivity contribution is -0.147. The molecular weight excluding hydrogens is 206 g/mol. The molecule has 1 aliphatic rings. The molecule has 0 aliphatic heterocycles. The highest BCUT2D eigenvalue weighted by molar-refractivity contribution is 5.81. The van der Waals surface area contributed by atoms with Crippen LogP contribution in [0.15, 0.2) is 24.4 Å². The fraction of sp³-hybridized carbons (Fsp3) is 0.364. The van der Waals surface area contributed by atoms with Crippen molar-refractivity contribution in [3.8, 4) is 0 Å². The Morgan fingerprint density at radius 1 is 1.44 bits per heavy atom. The van der Waals surface area contributed by atoms with E-state index in [1.807, 2.05) is 18.2 Å². The van der Waals surface area contributed by atoms with Gasteiger partial charge in [0, 0.05) is 6.20 Å². The molecule has 16 heavy (non-hydrogen) atoms. The van der Waals surface area contributed by atoms with Gasteiger partial charge in [0.05, 0.1) is 0 Å². The Bertz CT molecular complexity index is 524. The van der Waals surface area contributed by atoms with E-state index in [0.29, 0.717) is 24.3 Å². The van der Waals surface area contributed by atoms with E-state index in [9.17, 15) is 9.90 Å². The number of rotatable bonds is 2. The number of carboxylic acid groups (broad SMARTS) is 1. The second-order valence-electron chi connectivity index (χ2n) is 4.18. The number of hydrogen-bond donors (Lipinski definition) is 1. The highest BCUT2D eigenvalue weighted by Gasteiger charge is 2.49. The molecule has 0 bridgehead atoms. The van der Waals surface area contributed by atoms with Crippen LogP contribution < -0.4 is 0 Å². The topological polar surface area (TPSA) is 67.5 Å². The van der Waals surface area contributed by atoms with Crippen LogP contribution in [-0.4, -0.2) is 25.7 Å². The average molecular weight is 217 g/mol.